The van der Waals surface area contributed by atoms with Crippen molar-refractivity contribution in [3.63, 3.8) is 0 Å². The summed E-state index contributed by atoms with van der Waals surface area (Å²) in [7, 11) is -1.54. The quantitative estimate of drug-likeness (QED) is 0.352. The van der Waals surface area contributed by atoms with E-state index in [1.165, 1.54) is 16.1 Å². The zero-order valence-corrected chi connectivity index (χ0v) is 20.6. The van der Waals surface area contributed by atoms with Crippen LogP contribution in [-0.2, 0) is 27.7 Å². The molecule has 1 aliphatic rings. The number of unbranched alkanes of at least 4 members (excludes halogenated alkanes) is 3. The first-order chi connectivity index (χ1) is 15.8. The molecule has 1 saturated heterocycles. The molecule has 6 nitrogen and oxygen atoms in total. The van der Waals surface area contributed by atoms with Crippen LogP contribution < -0.4 is 4.90 Å². The lowest BCUT2D eigenvalue weighted by Gasteiger charge is -2.41. The van der Waals surface area contributed by atoms with E-state index < -0.39 is 10.0 Å². The molecule has 0 bridgehead atoms. The maximum absolute atomic E-state index is 12.4. The van der Waals surface area contributed by atoms with E-state index in [1.807, 2.05) is 29.2 Å². The number of rotatable bonds is 13. The predicted molar refractivity (Wildman–Crippen MR) is 133 cm³/mol. The number of nitrogens with zero attached hydrogens (tertiary/aromatic N) is 2. The number of aryl methyl sites for hydroxylation is 2. The van der Waals surface area contributed by atoms with E-state index in [2.05, 4.69) is 24.3 Å². The fourth-order valence-electron chi connectivity index (χ4n) is 4.20. The van der Waals surface area contributed by atoms with Gasteiger partial charge in [-0.15, -0.1) is 0 Å². The van der Waals surface area contributed by atoms with Crippen LogP contribution in [0.25, 0.3) is 0 Å². The molecule has 1 amide bonds. The summed E-state index contributed by atoms with van der Waals surface area (Å²) in [4.78, 5) is 14.2. The van der Waals surface area contributed by atoms with Crippen molar-refractivity contribution in [1.82, 2.24) is 4.31 Å². The molecule has 1 aliphatic heterocycles. The number of sulfonamides is 1. The maximum Gasteiger partial charge on any atom is 0.230 e. The molecule has 0 aromatic heterocycles. The third-order valence-corrected chi connectivity index (χ3v) is 7.72. The van der Waals surface area contributed by atoms with Gasteiger partial charge in [-0.2, -0.15) is 0 Å². The first-order valence-corrected chi connectivity index (χ1v) is 13.7. The van der Waals surface area contributed by atoms with Crippen LogP contribution in [0.1, 0.15) is 61.3 Å². The number of benzene rings is 2. The lowest BCUT2D eigenvalue weighted by atomic mass is 9.91. The van der Waals surface area contributed by atoms with Gasteiger partial charge in [-0.1, -0.05) is 49.2 Å². The van der Waals surface area contributed by atoms with E-state index >= 15 is 0 Å². The third kappa shape index (κ3) is 7.13. The van der Waals surface area contributed by atoms with E-state index in [1.54, 1.807) is 7.05 Å². The molecule has 2 aromatic rings. The highest BCUT2D eigenvalue weighted by Gasteiger charge is 2.38. The lowest BCUT2D eigenvalue weighted by molar-refractivity contribution is -0.124. The Hall–Kier alpha value is -2.22. The van der Waals surface area contributed by atoms with Crippen molar-refractivity contribution in [3.05, 3.63) is 65.2 Å². The highest BCUT2D eigenvalue weighted by atomic mass is 32.2. The summed E-state index contributed by atoms with van der Waals surface area (Å²) in [5.41, 5.74) is 4.51. The largest absolute Gasteiger partial charge is 0.396 e. The number of carbonyl (C=O) groups excluding carboxylic acids is 1. The van der Waals surface area contributed by atoms with Gasteiger partial charge in [0.05, 0.1) is 18.7 Å². The Kier molecular flexibility index (Phi) is 9.06. The average molecular weight is 473 g/mol. The Morgan fingerprint density at radius 2 is 1.48 bits per heavy atom. The molecule has 7 heteroatoms. The van der Waals surface area contributed by atoms with Crippen LogP contribution in [0.15, 0.2) is 48.5 Å². The first kappa shape index (κ1) is 25.4. The topological polar surface area (TPSA) is 77.9 Å². The molecule has 33 heavy (non-hydrogen) atoms. The van der Waals surface area contributed by atoms with Crippen molar-refractivity contribution in [1.29, 1.82) is 0 Å². The molecule has 1 N–H and O–H groups in total. The van der Waals surface area contributed by atoms with Crippen LogP contribution in [0, 0.1) is 0 Å². The van der Waals surface area contributed by atoms with Crippen molar-refractivity contribution >= 4 is 21.6 Å². The summed E-state index contributed by atoms with van der Waals surface area (Å²) in [6.07, 6.45) is 8.55. The normalized spacial score (nSPS) is 16.3. The number of hydrogen-bond acceptors (Lipinski definition) is 4. The van der Waals surface area contributed by atoms with Gasteiger partial charge >= 0.3 is 0 Å². The SMILES string of the molecule is CN(CCCc1ccc(N2C(=O)C[C@H]2c2ccc(CCCCCCO)cc2)cc1)S(C)(=O)=O. The fraction of sp³-hybridized carbons (Fsp3) is 0.500. The van der Waals surface area contributed by atoms with Gasteiger partial charge in [-0.25, -0.2) is 12.7 Å². The van der Waals surface area contributed by atoms with E-state index in [9.17, 15) is 13.2 Å². The smallest absolute Gasteiger partial charge is 0.230 e. The predicted octanol–water partition coefficient (Wildman–Crippen LogP) is 4.08. The van der Waals surface area contributed by atoms with E-state index in [-0.39, 0.29) is 18.6 Å². The monoisotopic (exact) mass is 472 g/mol. The molecule has 0 unspecified atom stereocenters. The Morgan fingerprint density at radius 1 is 0.909 bits per heavy atom. The molecule has 180 valence electrons. The number of anilines is 1. The van der Waals surface area contributed by atoms with Gasteiger partial charge in [0.1, 0.15) is 0 Å². The third-order valence-electron chi connectivity index (χ3n) is 6.41. The van der Waals surface area contributed by atoms with E-state index in [0.29, 0.717) is 13.0 Å². The number of carbonyl (C=O) groups is 1. The second-order valence-corrected chi connectivity index (χ2v) is 11.1. The standard InChI is InChI=1S/C26H36N2O4S/c1-27(33(2,31)32)18-7-9-22-12-16-24(17-13-22)28-25(20-26(28)30)23-14-10-21(11-15-23)8-5-3-4-6-19-29/h10-17,25,29H,3-9,18-20H2,1-2H3/t25-/m0/s1. The number of hydrogen-bond donors (Lipinski definition) is 1. The number of β-lactam (4-membered cyclic amide) rings is 1. The van der Waals surface area contributed by atoms with Crippen LogP contribution in [0.3, 0.4) is 0 Å². The van der Waals surface area contributed by atoms with Crippen LogP contribution in [0.4, 0.5) is 5.69 Å². The summed E-state index contributed by atoms with van der Waals surface area (Å²) in [6.45, 7) is 0.767. The molecule has 1 heterocycles. The Labute approximate surface area is 198 Å². The zero-order chi connectivity index (χ0) is 23.8. The minimum Gasteiger partial charge on any atom is -0.396 e. The maximum atomic E-state index is 12.4. The molecule has 3 rings (SSSR count). The Bertz CT molecular complexity index is 1000. The highest BCUT2D eigenvalue weighted by Crippen LogP contribution is 2.39. The molecule has 0 spiro atoms. The molecular formula is C26H36N2O4S. The summed E-state index contributed by atoms with van der Waals surface area (Å²) >= 11 is 0. The van der Waals surface area contributed by atoms with Crippen molar-refractivity contribution < 1.29 is 18.3 Å². The molecule has 1 atom stereocenters. The van der Waals surface area contributed by atoms with Crippen molar-refractivity contribution in [2.75, 3.05) is 31.4 Å². The van der Waals surface area contributed by atoms with E-state index in [4.69, 9.17) is 5.11 Å². The molecule has 1 fully saturated rings. The van der Waals surface area contributed by atoms with Crippen LogP contribution in [0.5, 0.6) is 0 Å². The Balaban J connectivity index is 1.53. The molecule has 0 radical (unpaired) electrons. The highest BCUT2D eigenvalue weighted by molar-refractivity contribution is 7.88. The van der Waals surface area contributed by atoms with Crippen molar-refractivity contribution in [2.45, 2.75) is 57.4 Å². The average Bonchev–Trinajstić information content (AvgIpc) is 2.78. The molecule has 0 saturated carbocycles. The van der Waals surface area contributed by atoms with Gasteiger partial charge in [-0.05, 0) is 60.9 Å². The Morgan fingerprint density at radius 3 is 2.06 bits per heavy atom. The minimum atomic E-state index is -3.14. The summed E-state index contributed by atoms with van der Waals surface area (Å²) < 4.78 is 24.4. The molecule has 2 aromatic carbocycles. The van der Waals surface area contributed by atoms with Gasteiger partial charge in [-0.3, -0.25) is 4.79 Å². The number of amides is 1. The van der Waals surface area contributed by atoms with Gasteiger partial charge in [0.25, 0.3) is 0 Å². The number of aliphatic hydroxyl groups excluding tert-OH is 1. The second kappa shape index (κ2) is 11.8. The van der Waals surface area contributed by atoms with Gasteiger partial charge in [0, 0.05) is 25.9 Å². The van der Waals surface area contributed by atoms with Crippen molar-refractivity contribution in [3.8, 4) is 0 Å². The second-order valence-electron chi connectivity index (χ2n) is 8.97. The van der Waals surface area contributed by atoms with Crippen LogP contribution in [-0.4, -0.2) is 50.2 Å². The summed E-state index contributed by atoms with van der Waals surface area (Å²) in [6, 6.07) is 16.7. The van der Waals surface area contributed by atoms with Gasteiger partial charge in [0.2, 0.25) is 15.9 Å². The van der Waals surface area contributed by atoms with E-state index in [0.717, 1.165) is 61.8 Å². The van der Waals surface area contributed by atoms with Gasteiger partial charge < -0.3 is 10.0 Å². The van der Waals surface area contributed by atoms with Crippen LogP contribution in [0.2, 0.25) is 0 Å². The van der Waals surface area contributed by atoms with Gasteiger partial charge in [0.15, 0.2) is 0 Å². The minimum absolute atomic E-state index is 0.0744. The lowest BCUT2D eigenvalue weighted by Crippen LogP contribution is -2.46. The molecular weight excluding hydrogens is 436 g/mol. The first-order valence-electron chi connectivity index (χ1n) is 11.8. The molecule has 0 aliphatic carbocycles. The fourth-order valence-corrected chi connectivity index (χ4v) is 4.66. The number of aliphatic hydroxyl groups is 1. The summed E-state index contributed by atoms with van der Waals surface area (Å²) in [5, 5.41) is 8.86. The zero-order valence-electron chi connectivity index (χ0n) is 19.7. The van der Waals surface area contributed by atoms with Crippen molar-refractivity contribution in [2.24, 2.45) is 0 Å². The summed E-state index contributed by atoms with van der Waals surface area (Å²) in [5.74, 6) is 0.135. The van der Waals surface area contributed by atoms with Crippen LogP contribution >= 0.6 is 0 Å².